The van der Waals surface area contributed by atoms with Crippen LogP contribution in [-0.4, -0.2) is 52.4 Å². The number of morpholine rings is 1. The van der Waals surface area contributed by atoms with Crippen LogP contribution in [0.15, 0.2) is 24.5 Å². The minimum Gasteiger partial charge on any atom is -0.496 e. The monoisotopic (exact) mass is 320 g/mol. The fraction of sp³-hybridized carbons (Fsp3) is 0.400. The van der Waals surface area contributed by atoms with Crippen molar-refractivity contribution in [2.45, 2.75) is 6.10 Å². The van der Waals surface area contributed by atoms with Gasteiger partial charge in [0.1, 0.15) is 29.6 Å². The Kier molecular flexibility index (Phi) is 4.24. The summed E-state index contributed by atoms with van der Waals surface area (Å²) >= 11 is 0. The van der Waals surface area contributed by atoms with Crippen molar-refractivity contribution in [2.75, 3.05) is 26.8 Å². The highest BCUT2D eigenvalue weighted by molar-refractivity contribution is 5.97. The Labute approximate surface area is 132 Å². The number of aromatic nitrogens is 3. The summed E-state index contributed by atoms with van der Waals surface area (Å²) in [6.07, 6.45) is 1.18. The van der Waals surface area contributed by atoms with E-state index in [2.05, 4.69) is 10.2 Å². The molecule has 0 saturated carbocycles. The summed E-state index contributed by atoms with van der Waals surface area (Å²) < 4.78 is 26.6. The Bertz CT molecular complexity index is 718. The van der Waals surface area contributed by atoms with Crippen molar-refractivity contribution in [3.63, 3.8) is 0 Å². The van der Waals surface area contributed by atoms with E-state index in [1.807, 2.05) is 0 Å². The smallest absolute Gasteiger partial charge is 0.260 e. The third-order valence-corrected chi connectivity index (χ3v) is 3.80. The number of hydrogen-bond acceptors (Lipinski definition) is 5. The van der Waals surface area contributed by atoms with Crippen LogP contribution in [0.4, 0.5) is 4.39 Å². The van der Waals surface area contributed by atoms with Gasteiger partial charge in [-0.2, -0.15) is 0 Å². The number of aryl methyl sites for hydroxylation is 1. The molecule has 0 aliphatic carbocycles. The number of carbonyl (C=O) groups is 1. The summed E-state index contributed by atoms with van der Waals surface area (Å²) in [5, 5.41) is 7.82. The van der Waals surface area contributed by atoms with Crippen LogP contribution in [0.2, 0.25) is 0 Å². The Balaban J connectivity index is 1.84. The van der Waals surface area contributed by atoms with Crippen molar-refractivity contribution >= 4 is 5.91 Å². The van der Waals surface area contributed by atoms with Gasteiger partial charge in [-0.1, -0.05) is 6.07 Å². The van der Waals surface area contributed by atoms with Gasteiger partial charge < -0.3 is 18.9 Å². The van der Waals surface area contributed by atoms with Crippen LogP contribution in [-0.2, 0) is 11.8 Å². The number of rotatable bonds is 3. The van der Waals surface area contributed by atoms with Crippen LogP contribution >= 0.6 is 0 Å². The molecule has 1 fully saturated rings. The lowest BCUT2D eigenvalue weighted by molar-refractivity contribution is -0.0283. The SMILES string of the molecule is COc1cccc(F)c1C(=O)N1CCO[C@H](c2nncn2C)C1. The van der Waals surface area contributed by atoms with Crippen LogP contribution in [0.1, 0.15) is 22.3 Å². The van der Waals surface area contributed by atoms with Crippen LogP contribution in [0.5, 0.6) is 5.75 Å². The molecular weight excluding hydrogens is 303 g/mol. The van der Waals surface area contributed by atoms with Crippen LogP contribution < -0.4 is 4.74 Å². The summed E-state index contributed by atoms with van der Waals surface area (Å²) in [6, 6.07) is 4.32. The molecule has 1 aliphatic rings. The number of amides is 1. The molecule has 0 radical (unpaired) electrons. The maximum atomic E-state index is 14.1. The molecule has 122 valence electrons. The molecule has 3 rings (SSSR count). The van der Waals surface area contributed by atoms with E-state index < -0.39 is 17.8 Å². The Morgan fingerprint density at radius 1 is 1.48 bits per heavy atom. The summed E-state index contributed by atoms with van der Waals surface area (Å²) in [7, 11) is 3.21. The molecule has 0 spiro atoms. The van der Waals surface area contributed by atoms with Gasteiger partial charge in [-0.3, -0.25) is 4.79 Å². The molecule has 0 N–H and O–H groups in total. The van der Waals surface area contributed by atoms with Gasteiger partial charge >= 0.3 is 0 Å². The quantitative estimate of drug-likeness (QED) is 0.849. The molecule has 8 heteroatoms. The molecular formula is C15H17FN4O3. The number of carbonyl (C=O) groups excluding carboxylic acids is 1. The molecule has 1 aliphatic heterocycles. The minimum atomic E-state index is -0.601. The number of methoxy groups -OCH3 is 1. The second-order valence-electron chi connectivity index (χ2n) is 5.23. The van der Waals surface area contributed by atoms with Crippen molar-refractivity contribution in [1.29, 1.82) is 0 Å². The van der Waals surface area contributed by atoms with Crippen molar-refractivity contribution in [3.05, 3.63) is 41.7 Å². The average Bonchev–Trinajstić information content (AvgIpc) is 3.00. The van der Waals surface area contributed by atoms with Crippen LogP contribution in [0.25, 0.3) is 0 Å². The van der Waals surface area contributed by atoms with Crippen molar-refractivity contribution in [3.8, 4) is 5.75 Å². The van der Waals surface area contributed by atoms with E-state index in [-0.39, 0.29) is 17.9 Å². The fourth-order valence-corrected chi connectivity index (χ4v) is 2.61. The zero-order chi connectivity index (χ0) is 16.4. The summed E-state index contributed by atoms with van der Waals surface area (Å²) in [6.45, 7) is 1.01. The minimum absolute atomic E-state index is 0.0615. The standard InChI is InChI=1S/C15H17FN4O3/c1-19-9-17-18-14(19)12-8-20(6-7-23-12)15(21)13-10(16)4-3-5-11(13)22-2/h3-5,9,12H,6-8H2,1-2H3/t12-/m0/s1. The lowest BCUT2D eigenvalue weighted by Crippen LogP contribution is -2.43. The molecule has 0 bridgehead atoms. The second-order valence-corrected chi connectivity index (χ2v) is 5.23. The molecule has 1 atom stereocenters. The lowest BCUT2D eigenvalue weighted by atomic mass is 10.1. The normalized spacial score (nSPS) is 18.0. The zero-order valence-electron chi connectivity index (χ0n) is 12.9. The Hall–Kier alpha value is -2.48. The summed E-state index contributed by atoms with van der Waals surface area (Å²) in [5.74, 6) is -0.175. The molecule has 23 heavy (non-hydrogen) atoms. The molecule has 1 saturated heterocycles. The van der Waals surface area contributed by atoms with E-state index in [1.54, 1.807) is 28.9 Å². The molecule has 1 aromatic carbocycles. The molecule has 2 aromatic rings. The molecule has 1 aromatic heterocycles. The Morgan fingerprint density at radius 3 is 3.00 bits per heavy atom. The molecule has 0 unspecified atom stereocenters. The number of benzene rings is 1. The number of ether oxygens (including phenoxy) is 2. The largest absolute Gasteiger partial charge is 0.496 e. The predicted octanol–water partition coefficient (Wildman–Crippen LogP) is 1.18. The topological polar surface area (TPSA) is 69.5 Å². The molecule has 2 heterocycles. The third-order valence-electron chi connectivity index (χ3n) is 3.80. The van der Waals surface area contributed by atoms with Gasteiger partial charge in [-0.15, -0.1) is 10.2 Å². The highest BCUT2D eigenvalue weighted by Crippen LogP contribution is 2.26. The van der Waals surface area contributed by atoms with E-state index in [9.17, 15) is 9.18 Å². The van der Waals surface area contributed by atoms with Crippen LogP contribution in [0.3, 0.4) is 0 Å². The van der Waals surface area contributed by atoms with Crippen molar-refractivity contribution in [2.24, 2.45) is 7.05 Å². The highest BCUT2D eigenvalue weighted by atomic mass is 19.1. The Morgan fingerprint density at radius 2 is 2.30 bits per heavy atom. The first-order valence-corrected chi connectivity index (χ1v) is 7.19. The first-order chi connectivity index (χ1) is 11.1. The second kappa shape index (κ2) is 6.33. The van der Waals surface area contributed by atoms with Gasteiger partial charge in [0.25, 0.3) is 5.91 Å². The maximum absolute atomic E-state index is 14.1. The van der Waals surface area contributed by atoms with Gasteiger partial charge in [0.05, 0.1) is 20.3 Å². The van der Waals surface area contributed by atoms with E-state index >= 15 is 0 Å². The zero-order valence-corrected chi connectivity index (χ0v) is 12.9. The van der Waals surface area contributed by atoms with Crippen LogP contribution in [0, 0.1) is 5.82 Å². The van der Waals surface area contributed by atoms with Crippen molar-refractivity contribution in [1.82, 2.24) is 19.7 Å². The van der Waals surface area contributed by atoms with E-state index in [4.69, 9.17) is 9.47 Å². The fourth-order valence-electron chi connectivity index (χ4n) is 2.61. The summed E-state index contributed by atoms with van der Waals surface area (Å²) in [4.78, 5) is 14.3. The number of hydrogen-bond donors (Lipinski definition) is 0. The van der Waals surface area contributed by atoms with Gasteiger partial charge in [0.2, 0.25) is 0 Å². The average molecular weight is 320 g/mol. The number of halogens is 1. The van der Waals surface area contributed by atoms with Crippen molar-refractivity contribution < 1.29 is 18.7 Å². The van der Waals surface area contributed by atoms with Gasteiger partial charge in [0, 0.05) is 13.6 Å². The van der Waals surface area contributed by atoms with Gasteiger partial charge in [-0.25, -0.2) is 4.39 Å². The lowest BCUT2D eigenvalue weighted by Gasteiger charge is -2.32. The van der Waals surface area contributed by atoms with Gasteiger partial charge in [-0.05, 0) is 12.1 Å². The molecule has 1 amide bonds. The highest BCUT2D eigenvalue weighted by Gasteiger charge is 2.31. The van der Waals surface area contributed by atoms with E-state index in [0.717, 1.165) is 0 Å². The van der Waals surface area contributed by atoms with E-state index in [1.165, 1.54) is 19.2 Å². The first kappa shape index (κ1) is 15.4. The predicted molar refractivity (Wildman–Crippen MR) is 78.6 cm³/mol. The maximum Gasteiger partial charge on any atom is 0.260 e. The third kappa shape index (κ3) is 2.89. The van der Waals surface area contributed by atoms with Gasteiger partial charge in [0.15, 0.2) is 5.82 Å². The number of nitrogens with zero attached hydrogens (tertiary/aromatic N) is 4. The summed E-state index contributed by atoms with van der Waals surface area (Å²) in [5.41, 5.74) is -0.0615. The first-order valence-electron chi connectivity index (χ1n) is 7.19. The molecule has 7 nitrogen and oxygen atoms in total. The van der Waals surface area contributed by atoms with E-state index in [0.29, 0.717) is 19.0 Å².